The van der Waals surface area contributed by atoms with E-state index in [2.05, 4.69) is 41.9 Å². The van der Waals surface area contributed by atoms with Crippen LogP contribution in [0, 0.1) is 11.8 Å². The highest BCUT2D eigenvalue weighted by Crippen LogP contribution is 2.36. The van der Waals surface area contributed by atoms with Crippen LogP contribution in [0.15, 0.2) is 12.3 Å². The van der Waals surface area contributed by atoms with Crippen molar-refractivity contribution < 1.29 is 0 Å². The highest BCUT2D eigenvalue weighted by molar-refractivity contribution is 5.09. The summed E-state index contributed by atoms with van der Waals surface area (Å²) in [6, 6.07) is 2.68. The van der Waals surface area contributed by atoms with E-state index < -0.39 is 0 Å². The SMILES string of the molecule is CCNC(c1ccnn1CC)C1CCCC(C)C1. The summed E-state index contributed by atoms with van der Waals surface area (Å²) in [4.78, 5) is 0. The van der Waals surface area contributed by atoms with E-state index in [1.807, 2.05) is 6.20 Å². The van der Waals surface area contributed by atoms with Gasteiger partial charge in [0, 0.05) is 12.7 Å². The van der Waals surface area contributed by atoms with Crippen LogP contribution in [0.5, 0.6) is 0 Å². The molecule has 3 unspecified atom stereocenters. The van der Waals surface area contributed by atoms with Crippen LogP contribution in [-0.4, -0.2) is 16.3 Å². The Labute approximate surface area is 111 Å². The van der Waals surface area contributed by atoms with E-state index in [-0.39, 0.29) is 0 Å². The number of rotatable bonds is 5. The largest absolute Gasteiger partial charge is 0.309 e. The summed E-state index contributed by atoms with van der Waals surface area (Å²) in [5, 5.41) is 8.12. The first-order valence-electron chi connectivity index (χ1n) is 7.51. The number of nitrogens with zero attached hydrogens (tertiary/aromatic N) is 2. The van der Waals surface area contributed by atoms with Crippen molar-refractivity contribution in [2.24, 2.45) is 11.8 Å². The van der Waals surface area contributed by atoms with Crippen molar-refractivity contribution in [3.63, 3.8) is 0 Å². The molecular formula is C15H27N3. The molecule has 3 atom stereocenters. The Balaban J connectivity index is 2.16. The van der Waals surface area contributed by atoms with Gasteiger partial charge >= 0.3 is 0 Å². The molecule has 1 heterocycles. The number of hydrogen-bond donors (Lipinski definition) is 1. The summed E-state index contributed by atoms with van der Waals surface area (Å²) in [6.45, 7) is 8.76. The molecule has 0 spiro atoms. The molecule has 1 N–H and O–H groups in total. The normalized spacial score (nSPS) is 26.2. The smallest absolute Gasteiger partial charge is 0.0556 e. The lowest BCUT2D eigenvalue weighted by molar-refractivity contribution is 0.218. The van der Waals surface area contributed by atoms with Gasteiger partial charge in [0.05, 0.1) is 11.7 Å². The van der Waals surface area contributed by atoms with Crippen molar-refractivity contribution in [3.05, 3.63) is 18.0 Å². The minimum absolute atomic E-state index is 0.486. The lowest BCUT2D eigenvalue weighted by Gasteiger charge is -2.34. The number of hydrogen-bond acceptors (Lipinski definition) is 2. The molecular weight excluding hydrogens is 222 g/mol. The maximum Gasteiger partial charge on any atom is 0.0556 e. The molecule has 0 bridgehead atoms. The van der Waals surface area contributed by atoms with Gasteiger partial charge in [0.15, 0.2) is 0 Å². The minimum Gasteiger partial charge on any atom is -0.309 e. The average Bonchev–Trinajstić information content (AvgIpc) is 2.84. The Morgan fingerprint density at radius 3 is 2.94 bits per heavy atom. The standard InChI is InChI=1S/C15H27N3/c1-4-16-15(13-8-6-7-12(3)11-13)14-9-10-17-18(14)5-2/h9-10,12-13,15-16H,4-8,11H2,1-3H3. The molecule has 0 radical (unpaired) electrons. The van der Waals surface area contributed by atoms with Gasteiger partial charge in [0.1, 0.15) is 0 Å². The molecule has 1 fully saturated rings. The second-order valence-electron chi connectivity index (χ2n) is 5.64. The quantitative estimate of drug-likeness (QED) is 0.867. The fourth-order valence-corrected chi connectivity index (χ4v) is 3.39. The lowest BCUT2D eigenvalue weighted by Crippen LogP contribution is -2.33. The predicted molar refractivity (Wildman–Crippen MR) is 75.4 cm³/mol. The molecule has 0 saturated heterocycles. The van der Waals surface area contributed by atoms with E-state index in [0.717, 1.165) is 24.9 Å². The van der Waals surface area contributed by atoms with E-state index >= 15 is 0 Å². The zero-order valence-corrected chi connectivity index (χ0v) is 12.0. The predicted octanol–water partition coefficient (Wildman–Crippen LogP) is 3.38. The second kappa shape index (κ2) is 6.37. The highest BCUT2D eigenvalue weighted by atomic mass is 15.3. The molecule has 0 aromatic carbocycles. The van der Waals surface area contributed by atoms with Crippen LogP contribution in [0.4, 0.5) is 0 Å². The van der Waals surface area contributed by atoms with Crippen molar-refractivity contribution in [1.82, 2.24) is 15.1 Å². The van der Waals surface area contributed by atoms with Gasteiger partial charge in [-0.05, 0) is 44.2 Å². The lowest BCUT2D eigenvalue weighted by atomic mass is 9.77. The van der Waals surface area contributed by atoms with Gasteiger partial charge in [0.2, 0.25) is 0 Å². The summed E-state index contributed by atoms with van der Waals surface area (Å²) in [5.41, 5.74) is 1.37. The summed E-state index contributed by atoms with van der Waals surface area (Å²) >= 11 is 0. The topological polar surface area (TPSA) is 29.9 Å². The zero-order valence-electron chi connectivity index (χ0n) is 12.0. The molecule has 3 nitrogen and oxygen atoms in total. The monoisotopic (exact) mass is 249 g/mol. The van der Waals surface area contributed by atoms with Crippen LogP contribution >= 0.6 is 0 Å². The molecule has 1 aliphatic rings. The van der Waals surface area contributed by atoms with Gasteiger partial charge in [-0.1, -0.05) is 26.7 Å². The first kappa shape index (κ1) is 13.6. The highest BCUT2D eigenvalue weighted by Gasteiger charge is 2.29. The van der Waals surface area contributed by atoms with Gasteiger partial charge in [-0.15, -0.1) is 0 Å². The van der Waals surface area contributed by atoms with Gasteiger partial charge in [-0.25, -0.2) is 0 Å². The average molecular weight is 249 g/mol. The molecule has 2 rings (SSSR count). The van der Waals surface area contributed by atoms with E-state index in [0.29, 0.717) is 6.04 Å². The van der Waals surface area contributed by atoms with Crippen LogP contribution < -0.4 is 5.32 Å². The third kappa shape index (κ3) is 2.94. The molecule has 0 aliphatic heterocycles. The summed E-state index contributed by atoms with van der Waals surface area (Å²) in [6.07, 6.45) is 7.44. The zero-order chi connectivity index (χ0) is 13.0. The Hall–Kier alpha value is -0.830. The molecule has 3 heteroatoms. The molecule has 1 saturated carbocycles. The van der Waals surface area contributed by atoms with Gasteiger partial charge in [-0.3, -0.25) is 4.68 Å². The molecule has 18 heavy (non-hydrogen) atoms. The number of aryl methyl sites for hydroxylation is 1. The van der Waals surface area contributed by atoms with Crippen molar-refractivity contribution in [2.75, 3.05) is 6.54 Å². The fourth-order valence-electron chi connectivity index (χ4n) is 3.39. The van der Waals surface area contributed by atoms with Crippen LogP contribution in [0.1, 0.15) is 58.2 Å². The maximum atomic E-state index is 4.43. The Morgan fingerprint density at radius 1 is 1.44 bits per heavy atom. The Bertz CT molecular complexity index is 358. The summed E-state index contributed by atoms with van der Waals surface area (Å²) < 4.78 is 2.15. The third-order valence-electron chi connectivity index (χ3n) is 4.24. The Morgan fingerprint density at radius 2 is 2.28 bits per heavy atom. The fraction of sp³-hybridized carbons (Fsp3) is 0.800. The molecule has 1 aromatic rings. The summed E-state index contributed by atoms with van der Waals surface area (Å²) in [7, 11) is 0. The van der Waals surface area contributed by atoms with Crippen LogP contribution in [-0.2, 0) is 6.54 Å². The molecule has 1 aliphatic carbocycles. The van der Waals surface area contributed by atoms with Gasteiger partial charge in [0.25, 0.3) is 0 Å². The van der Waals surface area contributed by atoms with Crippen molar-refractivity contribution in [2.45, 2.75) is 59.0 Å². The third-order valence-corrected chi connectivity index (χ3v) is 4.24. The number of nitrogens with one attached hydrogen (secondary N) is 1. The van der Waals surface area contributed by atoms with Crippen molar-refractivity contribution in [3.8, 4) is 0 Å². The maximum absolute atomic E-state index is 4.43. The van der Waals surface area contributed by atoms with Crippen LogP contribution in [0.25, 0.3) is 0 Å². The summed E-state index contributed by atoms with van der Waals surface area (Å²) in [5.74, 6) is 1.65. The minimum atomic E-state index is 0.486. The molecule has 102 valence electrons. The first-order chi connectivity index (χ1) is 8.76. The van der Waals surface area contributed by atoms with E-state index in [1.54, 1.807) is 0 Å². The number of aromatic nitrogens is 2. The van der Waals surface area contributed by atoms with Crippen molar-refractivity contribution >= 4 is 0 Å². The van der Waals surface area contributed by atoms with E-state index in [9.17, 15) is 0 Å². The van der Waals surface area contributed by atoms with E-state index in [4.69, 9.17) is 0 Å². The molecule has 0 amide bonds. The second-order valence-corrected chi connectivity index (χ2v) is 5.64. The van der Waals surface area contributed by atoms with Crippen LogP contribution in [0.3, 0.4) is 0 Å². The van der Waals surface area contributed by atoms with Crippen LogP contribution in [0.2, 0.25) is 0 Å². The van der Waals surface area contributed by atoms with E-state index in [1.165, 1.54) is 31.4 Å². The van der Waals surface area contributed by atoms with Gasteiger partial charge < -0.3 is 5.32 Å². The van der Waals surface area contributed by atoms with Gasteiger partial charge in [-0.2, -0.15) is 5.10 Å². The molecule has 1 aromatic heterocycles. The first-order valence-corrected chi connectivity index (χ1v) is 7.51. The van der Waals surface area contributed by atoms with Crippen molar-refractivity contribution in [1.29, 1.82) is 0 Å². The Kier molecular flexibility index (Phi) is 4.81.